The lowest BCUT2D eigenvalue weighted by Gasteiger charge is -2.40. The minimum Gasteiger partial charge on any atom is -0.414 e. The van der Waals surface area contributed by atoms with Crippen molar-refractivity contribution in [2.75, 3.05) is 18.5 Å². The van der Waals surface area contributed by atoms with E-state index in [9.17, 15) is 28.1 Å². The van der Waals surface area contributed by atoms with Gasteiger partial charge in [0.1, 0.15) is 18.7 Å². The highest BCUT2D eigenvalue weighted by molar-refractivity contribution is 6.74. The second kappa shape index (κ2) is 15.2. The molecule has 1 saturated heterocycles. The minimum atomic E-state index is -5.03. The summed E-state index contributed by atoms with van der Waals surface area (Å²) in [5.74, 6) is 3.13. The fourth-order valence-corrected chi connectivity index (χ4v) is 7.28. The first-order valence-electron chi connectivity index (χ1n) is 16.9. The Hall–Kier alpha value is -3.90. The summed E-state index contributed by atoms with van der Waals surface area (Å²) < 4.78 is 59.2. The molecule has 2 aromatic heterocycles. The van der Waals surface area contributed by atoms with Crippen molar-refractivity contribution in [3.63, 3.8) is 0 Å². The average Bonchev–Trinajstić information content (AvgIpc) is 3.63. The number of aromatic nitrogens is 4. The largest absolute Gasteiger partial charge is 0.471 e. The van der Waals surface area contributed by atoms with Gasteiger partial charge in [-0.25, -0.2) is 15.0 Å². The van der Waals surface area contributed by atoms with Crippen LogP contribution in [-0.2, 0) is 24.9 Å². The molecule has 3 heterocycles. The van der Waals surface area contributed by atoms with E-state index >= 15 is 0 Å². The summed E-state index contributed by atoms with van der Waals surface area (Å²) in [6, 6.07) is 4.20. The molecule has 1 aromatic carbocycles. The molecular weight excluding hydrogens is 716 g/mol. The van der Waals surface area contributed by atoms with Crippen LogP contribution in [0.4, 0.5) is 24.7 Å². The van der Waals surface area contributed by atoms with Crippen LogP contribution in [0.3, 0.4) is 0 Å². The van der Waals surface area contributed by atoms with Crippen LogP contribution < -0.4 is 10.6 Å². The Morgan fingerprint density at radius 3 is 2.37 bits per heavy atom. The highest BCUT2D eigenvalue weighted by Crippen LogP contribution is 2.43. The van der Waals surface area contributed by atoms with Gasteiger partial charge in [-0.15, -0.1) is 0 Å². The predicted molar refractivity (Wildman–Crippen MR) is 195 cm³/mol. The van der Waals surface area contributed by atoms with Gasteiger partial charge in [0, 0.05) is 30.2 Å². The smallest absolute Gasteiger partial charge is 0.414 e. The summed E-state index contributed by atoms with van der Waals surface area (Å²) in [7, 11) is -4.25. The minimum absolute atomic E-state index is 0.000143. The van der Waals surface area contributed by atoms with E-state index in [1.165, 1.54) is 24.5 Å². The molecule has 3 aromatic rings. The zero-order valence-electron chi connectivity index (χ0n) is 31.3. The van der Waals surface area contributed by atoms with E-state index < -0.39 is 46.4 Å². The van der Waals surface area contributed by atoms with Gasteiger partial charge < -0.3 is 24.2 Å². The maximum Gasteiger partial charge on any atom is 0.471 e. The number of carbonyl (C=O) groups excluding carboxylic acids is 1. The molecule has 0 saturated carbocycles. The molecule has 18 heteroatoms. The highest BCUT2D eigenvalue weighted by atomic mass is 28.4. The van der Waals surface area contributed by atoms with Crippen LogP contribution in [0.25, 0.3) is 11.2 Å². The van der Waals surface area contributed by atoms with Crippen LogP contribution in [0.2, 0.25) is 36.3 Å². The van der Waals surface area contributed by atoms with E-state index in [4.69, 9.17) is 13.6 Å². The third-order valence-corrected chi connectivity index (χ3v) is 19.1. The van der Waals surface area contributed by atoms with Gasteiger partial charge in [-0.3, -0.25) is 19.5 Å². The zero-order valence-corrected chi connectivity index (χ0v) is 33.3. The van der Waals surface area contributed by atoms with Gasteiger partial charge in [0.2, 0.25) is 0 Å². The number of imidazole rings is 1. The van der Waals surface area contributed by atoms with Crippen LogP contribution in [0.5, 0.6) is 0 Å². The Morgan fingerprint density at radius 2 is 1.75 bits per heavy atom. The molecule has 4 rings (SSSR count). The lowest BCUT2D eigenvalue weighted by atomic mass is 10.1. The fraction of sp³-hybridized carbons (Fsp3) is 0.588. The van der Waals surface area contributed by atoms with Crippen LogP contribution in [0, 0.1) is 22.0 Å². The third kappa shape index (κ3) is 9.55. The van der Waals surface area contributed by atoms with Gasteiger partial charge in [0.25, 0.3) is 5.69 Å². The molecule has 284 valence electrons. The van der Waals surface area contributed by atoms with E-state index in [2.05, 4.69) is 99.8 Å². The molecule has 1 fully saturated rings. The number of benzene rings is 1. The first-order chi connectivity index (χ1) is 23.9. The Morgan fingerprint density at radius 1 is 1.08 bits per heavy atom. The van der Waals surface area contributed by atoms with Crippen molar-refractivity contribution in [2.45, 2.75) is 115 Å². The Kier molecular flexibility index (Phi) is 12.0. The first-order valence-corrected chi connectivity index (χ1v) is 22.7. The van der Waals surface area contributed by atoms with Gasteiger partial charge in [-0.1, -0.05) is 53.4 Å². The highest BCUT2D eigenvalue weighted by Gasteiger charge is 2.47. The number of nitro groups is 1. The van der Waals surface area contributed by atoms with Crippen molar-refractivity contribution in [3.05, 3.63) is 52.1 Å². The number of rotatable bonds is 11. The molecule has 1 aliphatic rings. The number of anilines is 1. The van der Waals surface area contributed by atoms with Gasteiger partial charge in [-0.05, 0) is 48.4 Å². The summed E-state index contributed by atoms with van der Waals surface area (Å²) in [4.78, 5) is 35.7. The van der Waals surface area contributed by atoms with E-state index in [-0.39, 0.29) is 40.1 Å². The molecule has 0 unspecified atom stereocenters. The number of nitro benzene ring substituents is 1. The molecule has 2 N–H and O–H groups in total. The number of hydrogen-bond acceptors (Lipinski definition) is 10. The van der Waals surface area contributed by atoms with Crippen molar-refractivity contribution in [2.24, 2.45) is 0 Å². The van der Waals surface area contributed by atoms with Crippen LogP contribution >= 0.6 is 0 Å². The summed E-state index contributed by atoms with van der Waals surface area (Å²) in [6.45, 7) is 21.9. The number of ether oxygens (including phenoxy) is 1. The molecular formula is C34H48F3N7O6Si2. The Balaban J connectivity index is 1.53. The first kappa shape index (κ1) is 40.9. The van der Waals surface area contributed by atoms with E-state index in [1.54, 1.807) is 11.6 Å². The van der Waals surface area contributed by atoms with Crippen molar-refractivity contribution < 1.29 is 36.5 Å². The average molecular weight is 764 g/mol. The lowest BCUT2D eigenvalue weighted by Crippen LogP contribution is -2.48. The topological polar surface area (TPSA) is 156 Å². The van der Waals surface area contributed by atoms with Crippen LogP contribution in [0.15, 0.2) is 30.9 Å². The number of halogens is 3. The maximum atomic E-state index is 12.4. The number of amides is 1. The summed E-state index contributed by atoms with van der Waals surface area (Å²) in [5.41, 5.74) is 1.20. The fourth-order valence-electron chi connectivity index (χ4n) is 4.91. The van der Waals surface area contributed by atoms with Gasteiger partial charge in [-0.2, -0.15) is 13.2 Å². The molecule has 13 nitrogen and oxygen atoms in total. The molecule has 0 aliphatic carbocycles. The normalized spacial score (nSPS) is 18.6. The quantitative estimate of drug-likeness (QED) is 0.0896. The van der Waals surface area contributed by atoms with E-state index in [1.807, 2.05) is 4.57 Å². The molecule has 0 spiro atoms. The van der Waals surface area contributed by atoms with E-state index in [0.717, 1.165) is 0 Å². The number of fused-ring (bicyclic) bond motifs is 1. The maximum absolute atomic E-state index is 12.4. The van der Waals surface area contributed by atoms with Gasteiger partial charge in [0.15, 0.2) is 33.6 Å². The lowest BCUT2D eigenvalue weighted by molar-refractivity contribution is -0.385. The summed E-state index contributed by atoms with van der Waals surface area (Å²) >= 11 is 0. The molecule has 1 amide bonds. The predicted octanol–water partition coefficient (Wildman–Crippen LogP) is 7.08. The van der Waals surface area contributed by atoms with Crippen molar-refractivity contribution in [1.82, 2.24) is 24.8 Å². The van der Waals surface area contributed by atoms with Crippen molar-refractivity contribution in [3.8, 4) is 11.8 Å². The Labute approximate surface area is 303 Å². The van der Waals surface area contributed by atoms with Crippen LogP contribution in [-0.4, -0.2) is 78.5 Å². The Bertz CT molecular complexity index is 1840. The van der Waals surface area contributed by atoms with Gasteiger partial charge in [0.05, 0.1) is 30.5 Å². The molecule has 3 atom stereocenters. The second-order valence-corrected chi connectivity index (χ2v) is 25.4. The SMILES string of the molecule is CC(C)(C)[Si](C)(C)OC[C@H]1O[C@@H](n2cnc3c(NCc4ccc(C#CCNC(=O)C(F)(F)F)cc4[N+](=O)[O-])ncnc32)C[C@@H]1O[Si](C)(C)C(C)(C)C. The number of alkyl halides is 3. The summed E-state index contributed by atoms with van der Waals surface area (Å²) in [6.07, 6.45) is -2.40. The molecule has 0 bridgehead atoms. The monoisotopic (exact) mass is 763 g/mol. The van der Waals surface area contributed by atoms with E-state index in [0.29, 0.717) is 35.6 Å². The van der Waals surface area contributed by atoms with Crippen LogP contribution in [0.1, 0.15) is 65.3 Å². The molecule has 0 radical (unpaired) electrons. The number of nitrogens with zero attached hydrogens (tertiary/aromatic N) is 5. The molecule has 1 aliphatic heterocycles. The number of nitrogens with one attached hydrogen (secondary N) is 2. The number of hydrogen-bond donors (Lipinski definition) is 2. The third-order valence-electron chi connectivity index (χ3n) is 10.1. The van der Waals surface area contributed by atoms with Crippen molar-refractivity contribution in [1.29, 1.82) is 0 Å². The van der Waals surface area contributed by atoms with Crippen molar-refractivity contribution >= 4 is 45.2 Å². The summed E-state index contributed by atoms with van der Waals surface area (Å²) in [5, 5.41) is 16.7. The van der Waals surface area contributed by atoms with Gasteiger partial charge >= 0.3 is 12.1 Å². The second-order valence-electron chi connectivity index (χ2n) is 15.8. The number of carbonyl (C=O) groups is 1. The standard InChI is InChI=1S/C34H48F3N7O6Si2/c1-32(2,3)51(7,8)48-19-26-25(50-52(9,10)33(4,5)6)17-27(49-26)43-21-42-28-29(40-20-41-30(28)43)39-18-23-14-13-22(16-24(23)44(46)47)12-11-15-38-31(45)34(35,36)37/h13-14,16,20-21,25-27H,15,17-19H2,1-10H3,(H,38,45)(H,39,40,41)/t25-,26+,27+/m0/s1. The zero-order chi connectivity index (χ0) is 38.9. The molecule has 52 heavy (non-hydrogen) atoms.